The van der Waals surface area contributed by atoms with Crippen molar-refractivity contribution in [3.63, 3.8) is 0 Å². The SMILES string of the molecule is CCN(C(=N)N)C(N)=NCc1ccccc1Cl.Cl. The normalized spacial score (nSPS) is 10.7. The molecule has 18 heavy (non-hydrogen) atoms. The summed E-state index contributed by atoms with van der Waals surface area (Å²) in [6.45, 7) is 2.72. The molecule has 0 spiro atoms. The molecule has 0 heterocycles. The Hall–Kier alpha value is -1.46. The molecule has 0 aromatic heterocycles. The third-order valence-electron chi connectivity index (χ3n) is 2.25. The van der Waals surface area contributed by atoms with E-state index >= 15 is 0 Å². The van der Waals surface area contributed by atoms with Crippen LogP contribution >= 0.6 is 24.0 Å². The maximum Gasteiger partial charge on any atom is 0.198 e. The Kier molecular flexibility index (Phi) is 7.16. The van der Waals surface area contributed by atoms with Gasteiger partial charge in [0.2, 0.25) is 0 Å². The lowest BCUT2D eigenvalue weighted by Gasteiger charge is -2.19. The van der Waals surface area contributed by atoms with Crippen molar-refractivity contribution in [1.82, 2.24) is 4.90 Å². The third kappa shape index (κ3) is 4.43. The smallest absolute Gasteiger partial charge is 0.198 e. The number of aliphatic imine (C=N–C) groups is 1. The summed E-state index contributed by atoms with van der Waals surface area (Å²) in [4.78, 5) is 5.58. The topological polar surface area (TPSA) is 91.5 Å². The van der Waals surface area contributed by atoms with E-state index in [4.69, 9.17) is 28.5 Å². The van der Waals surface area contributed by atoms with Gasteiger partial charge in [-0.25, -0.2) is 4.99 Å². The number of benzene rings is 1. The van der Waals surface area contributed by atoms with E-state index in [1.807, 2.05) is 25.1 Å². The molecule has 1 aromatic rings. The molecule has 0 aliphatic rings. The van der Waals surface area contributed by atoms with Gasteiger partial charge in [0.05, 0.1) is 6.54 Å². The van der Waals surface area contributed by atoms with Gasteiger partial charge in [0.1, 0.15) is 0 Å². The highest BCUT2D eigenvalue weighted by molar-refractivity contribution is 6.31. The van der Waals surface area contributed by atoms with Crippen molar-refractivity contribution in [2.24, 2.45) is 16.5 Å². The van der Waals surface area contributed by atoms with Gasteiger partial charge in [-0.2, -0.15) is 0 Å². The molecule has 0 unspecified atom stereocenters. The van der Waals surface area contributed by atoms with Crippen LogP contribution in [0, 0.1) is 5.41 Å². The van der Waals surface area contributed by atoms with Crippen LogP contribution < -0.4 is 11.5 Å². The van der Waals surface area contributed by atoms with E-state index in [1.54, 1.807) is 6.07 Å². The molecule has 5 N–H and O–H groups in total. The van der Waals surface area contributed by atoms with Crippen LogP contribution in [-0.2, 0) is 6.54 Å². The Labute approximate surface area is 118 Å². The highest BCUT2D eigenvalue weighted by atomic mass is 35.5. The molecule has 0 atom stereocenters. The van der Waals surface area contributed by atoms with E-state index < -0.39 is 0 Å². The number of rotatable bonds is 3. The molecule has 0 bridgehead atoms. The van der Waals surface area contributed by atoms with Crippen molar-refractivity contribution in [3.05, 3.63) is 34.9 Å². The van der Waals surface area contributed by atoms with Gasteiger partial charge in [0.25, 0.3) is 0 Å². The summed E-state index contributed by atoms with van der Waals surface area (Å²) in [5, 5.41) is 7.97. The number of nitrogens with two attached hydrogens (primary N) is 2. The molecule has 0 aliphatic heterocycles. The summed E-state index contributed by atoms with van der Waals surface area (Å²) in [6.07, 6.45) is 0. The first-order chi connectivity index (χ1) is 8.06. The minimum atomic E-state index is -0.118. The van der Waals surface area contributed by atoms with Gasteiger partial charge in [-0.05, 0) is 18.6 Å². The predicted molar refractivity (Wildman–Crippen MR) is 78.3 cm³/mol. The van der Waals surface area contributed by atoms with Crippen LogP contribution in [0.1, 0.15) is 12.5 Å². The van der Waals surface area contributed by atoms with Crippen molar-refractivity contribution in [2.45, 2.75) is 13.5 Å². The van der Waals surface area contributed by atoms with Gasteiger partial charge in [0, 0.05) is 11.6 Å². The zero-order valence-electron chi connectivity index (χ0n) is 10.1. The Bertz CT molecular complexity index is 433. The molecule has 0 amide bonds. The van der Waals surface area contributed by atoms with E-state index in [-0.39, 0.29) is 24.3 Å². The van der Waals surface area contributed by atoms with Crippen LogP contribution in [0.2, 0.25) is 5.02 Å². The van der Waals surface area contributed by atoms with E-state index in [0.717, 1.165) is 5.56 Å². The standard InChI is InChI=1S/C11H16ClN5.ClH/c1-2-17(10(13)14)11(15)16-7-8-5-3-4-6-9(8)12;/h3-6H,2,7H2,1H3,(H3,13,14)(H2,15,16);1H. The molecule has 5 nitrogen and oxygen atoms in total. The quantitative estimate of drug-likeness (QED) is 0.585. The summed E-state index contributed by atoms with van der Waals surface area (Å²) in [7, 11) is 0. The number of hydrogen-bond donors (Lipinski definition) is 3. The highest BCUT2D eigenvalue weighted by Crippen LogP contribution is 2.15. The van der Waals surface area contributed by atoms with Gasteiger partial charge in [-0.1, -0.05) is 29.8 Å². The van der Waals surface area contributed by atoms with E-state index in [9.17, 15) is 0 Å². The van der Waals surface area contributed by atoms with Crippen molar-refractivity contribution in [3.8, 4) is 0 Å². The summed E-state index contributed by atoms with van der Waals surface area (Å²) >= 11 is 5.99. The third-order valence-corrected chi connectivity index (χ3v) is 2.62. The number of halogens is 2. The summed E-state index contributed by atoms with van der Waals surface area (Å²) in [5.74, 6) is 0.104. The number of nitrogens with zero attached hydrogens (tertiary/aromatic N) is 2. The summed E-state index contributed by atoms with van der Waals surface area (Å²) in [5.41, 5.74) is 12.0. The predicted octanol–water partition coefficient (Wildman–Crippen LogP) is 1.79. The van der Waals surface area contributed by atoms with Crippen molar-refractivity contribution in [1.29, 1.82) is 5.41 Å². The number of guanidine groups is 2. The minimum absolute atomic E-state index is 0. The molecular weight excluding hydrogens is 273 g/mol. The molecule has 1 aromatic carbocycles. The second-order valence-electron chi connectivity index (χ2n) is 3.40. The Morgan fingerprint density at radius 1 is 1.39 bits per heavy atom. The molecule has 0 fully saturated rings. The fourth-order valence-electron chi connectivity index (χ4n) is 1.33. The monoisotopic (exact) mass is 289 g/mol. The second kappa shape index (κ2) is 7.79. The highest BCUT2D eigenvalue weighted by Gasteiger charge is 2.08. The lowest BCUT2D eigenvalue weighted by molar-refractivity contribution is 0.618. The first kappa shape index (κ1) is 16.5. The summed E-state index contributed by atoms with van der Waals surface area (Å²) < 4.78 is 0. The Morgan fingerprint density at radius 3 is 2.50 bits per heavy atom. The van der Waals surface area contributed by atoms with Crippen LogP contribution in [0.4, 0.5) is 0 Å². The molecule has 100 valence electrons. The summed E-state index contributed by atoms with van der Waals surface area (Å²) in [6, 6.07) is 7.41. The first-order valence-electron chi connectivity index (χ1n) is 5.21. The fourth-order valence-corrected chi connectivity index (χ4v) is 1.53. The van der Waals surface area contributed by atoms with Gasteiger partial charge in [-0.15, -0.1) is 12.4 Å². The molecule has 0 saturated carbocycles. The lowest BCUT2D eigenvalue weighted by Crippen LogP contribution is -2.45. The van der Waals surface area contributed by atoms with Gasteiger partial charge in [-0.3, -0.25) is 10.3 Å². The van der Waals surface area contributed by atoms with Crippen LogP contribution in [0.3, 0.4) is 0 Å². The maximum absolute atomic E-state index is 7.32. The molecule has 0 aliphatic carbocycles. The molecular formula is C11H17Cl2N5. The number of nitrogens with one attached hydrogen (secondary N) is 1. The average Bonchev–Trinajstić information content (AvgIpc) is 2.28. The zero-order valence-corrected chi connectivity index (χ0v) is 11.6. The first-order valence-corrected chi connectivity index (χ1v) is 5.59. The average molecular weight is 290 g/mol. The van der Waals surface area contributed by atoms with Crippen LogP contribution in [0.15, 0.2) is 29.3 Å². The van der Waals surface area contributed by atoms with Crippen molar-refractivity contribution >= 4 is 35.9 Å². The largest absolute Gasteiger partial charge is 0.370 e. The van der Waals surface area contributed by atoms with Gasteiger partial charge >= 0.3 is 0 Å². The zero-order chi connectivity index (χ0) is 12.8. The Balaban J connectivity index is 0.00000289. The van der Waals surface area contributed by atoms with E-state index in [2.05, 4.69) is 4.99 Å². The van der Waals surface area contributed by atoms with Crippen molar-refractivity contribution in [2.75, 3.05) is 6.54 Å². The van der Waals surface area contributed by atoms with E-state index in [0.29, 0.717) is 18.1 Å². The molecule has 7 heteroatoms. The lowest BCUT2D eigenvalue weighted by atomic mass is 10.2. The molecule has 0 radical (unpaired) electrons. The molecule has 0 saturated heterocycles. The van der Waals surface area contributed by atoms with Gasteiger partial charge in [0.15, 0.2) is 11.9 Å². The van der Waals surface area contributed by atoms with E-state index in [1.165, 1.54) is 4.90 Å². The second-order valence-corrected chi connectivity index (χ2v) is 3.80. The van der Waals surface area contributed by atoms with Crippen molar-refractivity contribution < 1.29 is 0 Å². The van der Waals surface area contributed by atoms with Crippen LogP contribution in [0.25, 0.3) is 0 Å². The molecule has 1 rings (SSSR count). The number of hydrogen-bond acceptors (Lipinski definition) is 2. The maximum atomic E-state index is 7.32. The van der Waals surface area contributed by atoms with Crippen LogP contribution in [0.5, 0.6) is 0 Å². The fraction of sp³-hybridized carbons (Fsp3) is 0.273. The van der Waals surface area contributed by atoms with Gasteiger partial charge < -0.3 is 11.5 Å². The minimum Gasteiger partial charge on any atom is -0.370 e. The van der Waals surface area contributed by atoms with Crippen LogP contribution in [-0.4, -0.2) is 23.4 Å². The Morgan fingerprint density at radius 2 is 2.00 bits per heavy atom.